The average Bonchev–Trinajstić information content (AvgIpc) is 3.22. The third kappa shape index (κ3) is 4.82. The first-order valence-corrected chi connectivity index (χ1v) is 9.10. The second-order valence-corrected chi connectivity index (χ2v) is 7.82. The van der Waals surface area contributed by atoms with Crippen molar-refractivity contribution in [1.29, 1.82) is 0 Å². The molecule has 2 aromatic heterocycles. The number of ether oxygens (including phenoxy) is 1. The van der Waals surface area contributed by atoms with Crippen LogP contribution in [0.15, 0.2) is 30.6 Å². The fourth-order valence-electron chi connectivity index (χ4n) is 3.12. The van der Waals surface area contributed by atoms with Crippen LogP contribution in [0.5, 0.6) is 0 Å². The Morgan fingerprint density at radius 1 is 1.21 bits per heavy atom. The van der Waals surface area contributed by atoms with E-state index in [9.17, 15) is 18.0 Å². The first kappa shape index (κ1) is 20.2. The standard InChI is InChI=1S/C19H23F3N4O2/c1-18(2,3)28-17(27)26-9-4-5-14(26)12-25-10-8-16(24-25)15-7-6-13(11-23-15)19(20,21)22/h6-8,10-11,14H,4-5,9,12H2,1-3H3/t14-/m0/s1. The maximum Gasteiger partial charge on any atom is 0.417 e. The number of likely N-dealkylation sites (tertiary alicyclic amines) is 1. The lowest BCUT2D eigenvalue weighted by atomic mass is 10.2. The molecular formula is C19H23F3N4O2. The van der Waals surface area contributed by atoms with Crippen LogP contribution in [-0.4, -0.2) is 43.9 Å². The van der Waals surface area contributed by atoms with Crippen LogP contribution in [0.4, 0.5) is 18.0 Å². The van der Waals surface area contributed by atoms with Gasteiger partial charge in [-0.3, -0.25) is 9.67 Å². The monoisotopic (exact) mass is 396 g/mol. The smallest absolute Gasteiger partial charge is 0.417 e. The van der Waals surface area contributed by atoms with E-state index in [4.69, 9.17) is 4.74 Å². The molecule has 2 aromatic rings. The molecule has 0 N–H and O–H groups in total. The van der Waals surface area contributed by atoms with Crippen LogP contribution < -0.4 is 0 Å². The molecule has 0 saturated carbocycles. The van der Waals surface area contributed by atoms with Gasteiger partial charge in [-0.25, -0.2) is 4.79 Å². The molecule has 1 saturated heterocycles. The molecule has 0 unspecified atom stereocenters. The number of carbonyl (C=O) groups is 1. The predicted octanol–water partition coefficient (Wildman–Crippen LogP) is 4.36. The highest BCUT2D eigenvalue weighted by Crippen LogP contribution is 2.29. The van der Waals surface area contributed by atoms with E-state index in [0.29, 0.717) is 24.5 Å². The fourth-order valence-corrected chi connectivity index (χ4v) is 3.12. The molecule has 1 aliphatic heterocycles. The Morgan fingerprint density at radius 3 is 2.57 bits per heavy atom. The highest BCUT2D eigenvalue weighted by atomic mass is 19.4. The molecule has 9 heteroatoms. The zero-order valence-electron chi connectivity index (χ0n) is 16.0. The number of pyridine rings is 1. The summed E-state index contributed by atoms with van der Waals surface area (Å²) < 4.78 is 45.1. The lowest BCUT2D eigenvalue weighted by Crippen LogP contribution is -2.41. The van der Waals surface area contributed by atoms with Crippen LogP contribution in [0, 0.1) is 0 Å². The molecule has 6 nitrogen and oxygen atoms in total. The van der Waals surface area contributed by atoms with Crippen molar-refractivity contribution >= 4 is 6.09 Å². The average molecular weight is 396 g/mol. The van der Waals surface area contributed by atoms with Gasteiger partial charge in [0.05, 0.1) is 23.8 Å². The van der Waals surface area contributed by atoms with Crippen molar-refractivity contribution in [3.05, 3.63) is 36.2 Å². The lowest BCUT2D eigenvalue weighted by Gasteiger charge is -2.28. The third-order valence-electron chi connectivity index (χ3n) is 4.40. The number of rotatable bonds is 3. The number of hydrogen-bond acceptors (Lipinski definition) is 4. The van der Waals surface area contributed by atoms with Crippen LogP contribution in [0.1, 0.15) is 39.2 Å². The van der Waals surface area contributed by atoms with Crippen molar-refractivity contribution < 1.29 is 22.7 Å². The molecule has 1 fully saturated rings. The van der Waals surface area contributed by atoms with Crippen molar-refractivity contribution in [1.82, 2.24) is 19.7 Å². The Balaban J connectivity index is 1.68. The molecule has 0 bridgehead atoms. The van der Waals surface area contributed by atoms with Gasteiger partial charge in [0.25, 0.3) is 0 Å². The van der Waals surface area contributed by atoms with Gasteiger partial charge < -0.3 is 9.64 Å². The zero-order chi connectivity index (χ0) is 20.5. The number of carbonyl (C=O) groups excluding carboxylic acids is 1. The van der Waals surface area contributed by atoms with Gasteiger partial charge in [-0.1, -0.05) is 0 Å². The predicted molar refractivity (Wildman–Crippen MR) is 96.4 cm³/mol. The number of nitrogens with zero attached hydrogens (tertiary/aromatic N) is 4. The van der Waals surface area contributed by atoms with E-state index in [1.165, 1.54) is 6.07 Å². The summed E-state index contributed by atoms with van der Waals surface area (Å²) in [6.07, 6.45) is -0.494. The van der Waals surface area contributed by atoms with Crippen molar-refractivity contribution in [3.63, 3.8) is 0 Å². The van der Waals surface area contributed by atoms with Gasteiger partial charge in [-0.15, -0.1) is 0 Å². The maximum atomic E-state index is 12.7. The quantitative estimate of drug-likeness (QED) is 0.773. The van der Waals surface area contributed by atoms with Crippen molar-refractivity contribution in [3.8, 4) is 11.4 Å². The van der Waals surface area contributed by atoms with Crippen LogP contribution >= 0.6 is 0 Å². The number of aromatic nitrogens is 3. The summed E-state index contributed by atoms with van der Waals surface area (Å²) in [4.78, 5) is 17.9. The molecule has 3 heterocycles. The van der Waals surface area contributed by atoms with Crippen LogP contribution in [0.3, 0.4) is 0 Å². The molecule has 0 radical (unpaired) electrons. The van der Waals surface area contributed by atoms with Gasteiger partial charge in [-0.05, 0) is 51.8 Å². The number of alkyl halides is 3. The SMILES string of the molecule is CC(C)(C)OC(=O)N1CCC[C@H]1Cn1ccc(-c2ccc(C(F)(F)F)cn2)n1. The van der Waals surface area contributed by atoms with Gasteiger partial charge in [-0.2, -0.15) is 18.3 Å². The van der Waals surface area contributed by atoms with E-state index in [2.05, 4.69) is 10.1 Å². The molecule has 1 aliphatic rings. The first-order valence-electron chi connectivity index (χ1n) is 9.10. The van der Waals surface area contributed by atoms with Gasteiger partial charge in [0.2, 0.25) is 0 Å². The second-order valence-electron chi connectivity index (χ2n) is 7.82. The Kier molecular flexibility index (Phi) is 5.36. The summed E-state index contributed by atoms with van der Waals surface area (Å²) >= 11 is 0. The molecule has 152 valence electrons. The fraction of sp³-hybridized carbons (Fsp3) is 0.526. The molecule has 1 atom stereocenters. The molecule has 0 aromatic carbocycles. The summed E-state index contributed by atoms with van der Waals surface area (Å²) in [5.74, 6) is 0. The van der Waals surface area contributed by atoms with E-state index in [1.807, 2.05) is 20.8 Å². The molecule has 0 spiro atoms. The molecule has 3 rings (SSSR count). The topological polar surface area (TPSA) is 60.2 Å². The molecular weight excluding hydrogens is 373 g/mol. The Morgan fingerprint density at radius 2 is 1.96 bits per heavy atom. The first-order chi connectivity index (χ1) is 13.0. The summed E-state index contributed by atoms with van der Waals surface area (Å²) in [7, 11) is 0. The number of hydrogen-bond donors (Lipinski definition) is 0. The van der Waals surface area contributed by atoms with Crippen LogP contribution in [0.2, 0.25) is 0 Å². The summed E-state index contributed by atoms with van der Waals surface area (Å²) in [5, 5.41) is 4.40. The Labute approximate surface area is 161 Å². The van der Waals surface area contributed by atoms with Crippen LogP contribution in [0.25, 0.3) is 11.4 Å². The van der Waals surface area contributed by atoms with E-state index in [-0.39, 0.29) is 12.1 Å². The normalized spacial score (nSPS) is 17.8. The Bertz CT molecular complexity index is 825. The maximum absolute atomic E-state index is 12.7. The molecule has 0 aliphatic carbocycles. The number of amides is 1. The molecule has 28 heavy (non-hydrogen) atoms. The largest absolute Gasteiger partial charge is 0.444 e. The van der Waals surface area contributed by atoms with Gasteiger partial charge in [0.1, 0.15) is 11.3 Å². The molecule has 1 amide bonds. The highest BCUT2D eigenvalue weighted by Gasteiger charge is 2.33. The van der Waals surface area contributed by atoms with Gasteiger partial charge in [0.15, 0.2) is 0 Å². The van der Waals surface area contributed by atoms with Gasteiger partial charge in [0, 0.05) is 18.9 Å². The summed E-state index contributed by atoms with van der Waals surface area (Å²) in [6.45, 7) is 6.60. The third-order valence-corrected chi connectivity index (χ3v) is 4.40. The minimum atomic E-state index is -4.42. The van der Waals surface area contributed by atoms with E-state index in [0.717, 1.165) is 25.1 Å². The summed E-state index contributed by atoms with van der Waals surface area (Å²) in [6, 6.07) is 3.95. The van der Waals surface area contributed by atoms with Crippen LogP contribution in [-0.2, 0) is 17.5 Å². The second kappa shape index (κ2) is 7.44. The highest BCUT2D eigenvalue weighted by molar-refractivity contribution is 5.68. The summed E-state index contributed by atoms with van der Waals surface area (Å²) in [5.41, 5.74) is -0.510. The lowest BCUT2D eigenvalue weighted by molar-refractivity contribution is -0.137. The van der Waals surface area contributed by atoms with Crippen molar-refractivity contribution in [2.24, 2.45) is 0 Å². The van der Waals surface area contributed by atoms with E-state index >= 15 is 0 Å². The van der Waals surface area contributed by atoms with Gasteiger partial charge >= 0.3 is 12.3 Å². The van der Waals surface area contributed by atoms with E-state index in [1.54, 1.807) is 21.8 Å². The minimum absolute atomic E-state index is 0.0387. The Hall–Kier alpha value is -2.58. The van der Waals surface area contributed by atoms with Crippen molar-refractivity contribution in [2.75, 3.05) is 6.54 Å². The minimum Gasteiger partial charge on any atom is -0.444 e. The number of halogens is 3. The zero-order valence-corrected chi connectivity index (χ0v) is 16.0. The van der Waals surface area contributed by atoms with E-state index < -0.39 is 17.3 Å². The van der Waals surface area contributed by atoms with Crippen molar-refractivity contribution in [2.45, 2.75) is 58.0 Å².